The standard InChI is InChI=1S/C28H27F3N4O5/c1-37-27(36)17-35-23(16-32-34-35)5-3-2-4-20-6-11-24(12-7-20)38-18-22-19-39-26(33-22)15-10-21-8-13-25(14-9-21)40-28(29,30)31/h6-16,19H,2-5,17-18H2,1H3/b15-10+. The smallest absolute Gasteiger partial charge is 0.487 e. The first kappa shape index (κ1) is 28.4. The third-order valence-electron chi connectivity index (χ3n) is 5.76. The Morgan fingerprint density at radius 1 is 1.00 bits per heavy atom. The number of benzene rings is 2. The number of carbonyl (C=O) groups excluding carboxylic acids is 1. The van der Waals surface area contributed by atoms with Crippen LogP contribution in [0.3, 0.4) is 0 Å². The van der Waals surface area contributed by atoms with Gasteiger partial charge in [0, 0.05) is 6.08 Å². The molecule has 4 aromatic rings. The lowest BCUT2D eigenvalue weighted by Gasteiger charge is -2.08. The van der Waals surface area contributed by atoms with Crippen molar-refractivity contribution in [1.82, 2.24) is 20.0 Å². The molecule has 0 unspecified atom stereocenters. The van der Waals surface area contributed by atoms with Crippen molar-refractivity contribution >= 4 is 18.1 Å². The molecule has 0 aliphatic heterocycles. The van der Waals surface area contributed by atoms with E-state index < -0.39 is 6.36 Å². The Hall–Kier alpha value is -4.61. The summed E-state index contributed by atoms with van der Waals surface area (Å²) in [7, 11) is 1.34. The molecule has 9 nitrogen and oxygen atoms in total. The average Bonchev–Trinajstić information content (AvgIpc) is 3.58. The lowest BCUT2D eigenvalue weighted by Crippen LogP contribution is -2.16. The predicted octanol–water partition coefficient (Wildman–Crippen LogP) is 5.65. The molecular formula is C28H27F3N4O5. The number of carbonyl (C=O) groups is 1. The number of hydrogen-bond donors (Lipinski definition) is 0. The molecule has 2 aromatic carbocycles. The van der Waals surface area contributed by atoms with Crippen molar-refractivity contribution in [3.63, 3.8) is 0 Å². The molecule has 2 aromatic heterocycles. The van der Waals surface area contributed by atoms with Gasteiger partial charge in [-0.2, -0.15) is 0 Å². The molecule has 0 aliphatic carbocycles. The van der Waals surface area contributed by atoms with Gasteiger partial charge in [0.25, 0.3) is 0 Å². The van der Waals surface area contributed by atoms with Crippen molar-refractivity contribution in [2.24, 2.45) is 0 Å². The number of hydrogen-bond acceptors (Lipinski definition) is 8. The number of esters is 1. The third-order valence-corrected chi connectivity index (χ3v) is 5.76. The van der Waals surface area contributed by atoms with Crippen LogP contribution in [0.15, 0.2) is 65.4 Å². The van der Waals surface area contributed by atoms with Crippen molar-refractivity contribution in [3.8, 4) is 11.5 Å². The first-order valence-corrected chi connectivity index (χ1v) is 12.4. The molecule has 0 aliphatic rings. The van der Waals surface area contributed by atoms with Gasteiger partial charge in [-0.1, -0.05) is 29.5 Å². The van der Waals surface area contributed by atoms with Crippen LogP contribution in [0.1, 0.15) is 41.2 Å². The second-order valence-electron chi connectivity index (χ2n) is 8.73. The highest BCUT2D eigenvalue weighted by molar-refractivity contribution is 5.68. The maximum Gasteiger partial charge on any atom is 0.573 e. The lowest BCUT2D eigenvalue weighted by atomic mass is 10.1. The van der Waals surface area contributed by atoms with Crippen LogP contribution in [-0.2, 0) is 35.5 Å². The van der Waals surface area contributed by atoms with Gasteiger partial charge in [-0.25, -0.2) is 9.67 Å². The first-order valence-electron chi connectivity index (χ1n) is 12.4. The van der Waals surface area contributed by atoms with E-state index in [1.165, 1.54) is 43.2 Å². The van der Waals surface area contributed by atoms with E-state index in [9.17, 15) is 18.0 Å². The zero-order valence-corrected chi connectivity index (χ0v) is 21.6. The zero-order valence-electron chi connectivity index (χ0n) is 21.6. The Kier molecular flexibility index (Phi) is 9.55. The SMILES string of the molecule is COC(=O)Cn1nncc1CCCCc1ccc(OCc2coc(/C=C/c3ccc(OC(F)(F)F)cc3)n2)cc1. The molecule has 0 saturated carbocycles. The fourth-order valence-corrected chi connectivity index (χ4v) is 3.75. The normalized spacial score (nSPS) is 11.6. The van der Waals surface area contributed by atoms with Crippen molar-refractivity contribution < 1.29 is 36.6 Å². The summed E-state index contributed by atoms with van der Waals surface area (Å²) in [6, 6.07) is 13.3. The summed E-state index contributed by atoms with van der Waals surface area (Å²) < 4.78 is 58.1. The zero-order chi connectivity index (χ0) is 28.4. The number of rotatable bonds is 13. The molecule has 4 rings (SSSR count). The van der Waals surface area contributed by atoms with Crippen molar-refractivity contribution in [1.29, 1.82) is 0 Å². The number of halogens is 3. The van der Waals surface area contributed by atoms with E-state index in [0.29, 0.717) is 22.9 Å². The molecule has 0 atom stereocenters. The fourth-order valence-electron chi connectivity index (χ4n) is 3.75. The van der Waals surface area contributed by atoms with Gasteiger partial charge in [-0.05, 0) is 67.2 Å². The third kappa shape index (κ3) is 9.00. The molecule has 0 amide bonds. The van der Waals surface area contributed by atoms with Crippen molar-refractivity contribution in [3.05, 3.63) is 89.4 Å². The van der Waals surface area contributed by atoms with Gasteiger partial charge in [0.2, 0.25) is 5.89 Å². The number of methoxy groups -OCH3 is 1. The second-order valence-corrected chi connectivity index (χ2v) is 8.73. The summed E-state index contributed by atoms with van der Waals surface area (Å²) in [5, 5.41) is 7.80. The fraction of sp³-hybridized carbons (Fsp3) is 0.286. The highest BCUT2D eigenvalue weighted by Crippen LogP contribution is 2.23. The van der Waals surface area contributed by atoms with E-state index in [4.69, 9.17) is 9.15 Å². The monoisotopic (exact) mass is 556 g/mol. The molecule has 0 N–H and O–H groups in total. The van der Waals surface area contributed by atoms with E-state index in [1.807, 2.05) is 24.3 Å². The summed E-state index contributed by atoms with van der Waals surface area (Å²) in [6.07, 6.45) is 5.26. The van der Waals surface area contributed by atoms with Crippen LogP contribution in [0.25, 0.3) is 12.2 Å². The van der Waals surface area contributed by atoms with E-state index >= 15 is 0 Å². The van der Waals surface area contributed by atoms with Crippen LogP contribution in [0.2, 0.25) is 0 Å². The molecule has 40 heavy (non-hydrogen) atoms. The first-order chi connectivity index (χ1) is 19.3. The summed E-state index contributed by atoms with van der Waals surface area (Å²) in [5.41, 5.74) is 3.33. The Morgan fingerprint density at radius 2 is 1.73 bits per heavy atom. The minimum absolute atomic E-state index is 0.0568. The predicted molar refractivity (Wildman–Crippen MR) is 138 cm³/mol. The highest BCUT2D eigenvalue weighted by Gasteiger charge is 2.30. The minimum atomic E-state index is -4.73. The Labute approximate surface area is 228 Å². The topological polar surface area (TPSA) is 102 Å². The number of ether oxygens (including phenoxy) is 3. The number of oxazole rings is 1. The van der Waals surface area contributed by atoms with Gasteiger partial charge in [0.1, 0.15) is 36.6 Å². The quantitative estimate of drug-likeness (QED) is 0.154. The van der Waals surface area contributed by atoms with Gasteiger partial charge in [0.05, 0.1) is 19.0 Å². The second kappa shape index (κ2) is 13.5. The van der Waals surface area contributed by atoms with Crippen LogP contribution in [-0.4, -0.2) is 39.4 Å². The van der Waals surface area contributed by atoms with Crippen molar-refractivity contribution in [2.75, 3.05) is 7.11 Å². The van der Waals surface area contributed by atoms with Crippen LogP contribution in [0.5, 0.6) is 11.5 Å². The van der Waals surface area contributed by atoms with E-state index in [1.54, 1.807) is 23.0 Å². The number of unbranched alkanes of at least 4 members (excludes halogenated alkanes) is 1. The molecule has 0 saturated heterocycles. The van der Waals surface area contributed by atoms with Gasteiger partial charge in [-0.15, -0.1) is 18.3 Å². The molecule has 2 heterocycles. The van der Waals surface area contributed by atoms with Gasteiger partial charge in [-0.3, -0.25) is 4.79 Å². The number of nitrogens with zero attached hydrogens (tertiary/aromatic N) is 4. The number of aromatic nitrogens is 4. The summed E-state index contributed by atoms with van der Waals surface area (Å²) in [4.78, 5) is 15.8. The summed E-state index contributed by atoms with van der Waals surface area (Å²) in [5.74, 6) is 0.390. The summed E-state index contributed by atoms with van der Waals surface area (Å²) in [6.45, 7) is 0.272. The molecular weight excluding hydrogens is 529 g/mol. The Balaban J connectivity index is 1.18. The molecule has 210 valence electrons. The summed E-state index contributed by atoms with van der Waals surface area (Å²) >= 11 is 0. The Morgan fingerprint density at radius 3 is 2.45 bits per heavy atom. The minimum Gasteiger partial charge on any atom is -0.487 e. The average molecular weight is 557 g/mol. The van der Waals surface area contributed by atoms with Gasteiger partial charge < -0.3 is 18.6 Å². The number of alkyl halides is 3. The van der Waals surface area contributed by atoms with E-state index in [0.717, 1.165) is 31.4 Å². The van der Waals surface area contributed by atoms with E-state index in [-0.39, 0.29) is 24.9 Å². The maximum absolute atomic E-state index is 12.3. The molecule has 0 radical (unpaired) electrons. The maximum atomic E-state index is 12.3. The lowest BCUT2D eigenvalue weighted by molar-refractivity contribution is -0.274. The van der Waals surface area contributed by atoms with Gasteiger partial charge >= 0.3 is 12.3 Å². The molecule has 12 heteroatoms. The van der Waals surface area contributed by atoms with Crippen LogP contribution in [0.4, 0.5) is 13.2 Å². The van der Waals surface area contributed by atoms with Crippen LogP contribution >= 0.6 is 0 Å². The highest BCUT2D eigenvalue weighted by atomic mass is 19.4. The van der Waals surface area contributed by atoms with E-state index in [2.05, 4.69) is 24.8 Å². The molecule has 0 fully saturated rings. The molecule has 0 bridgehead atoms. The van der Waals surface area contributed by atoms with Crippen molar-refractivity contribution in [2.45, 2.75) is 45.2 Å². The van der Waals surface area contributed by atoms with Crippen LogP contribution < -0.4 is 9.47 Å². The van der Waals surface area contributed by atoms with Crippen LogP contribution in [0, 0.1) is 0 Å². The van der Waals surface area contributed by atoms with Gasteiger partial charge in [0.15, 0.2) is 0 Å². The molecule has 0 spiro atoms. The number of aryl methyl sites for hydroxylation is 2. The Bertz CT molecular complexity index is 1400. The largest absolute Gasteiger partial charge is 0.573 e.